The second-order valence-corrected chi connectivity index (χ2v) is 5.51. The minimum atomic E-state index is 0.787. The van der Waals surface area contributed by atoms with Crippen molar-refractivity contribution in [3.05, 3.63) is 35.7 Å². The molecule has 100 valence electrons. The summed E-state index contributed by atoms with van der Waals surface area (Å²) >= 11 is 0. The van der Waals surface area contributed by atoms with Gasteiger partial charge in [0.05, 0.1) is 11.0 Å². The summed E-state index contributed by atoms with van der Waals surface area (Å²) in [6, 6.07) is 8.21. The van der Waals surface area contributed by atoms with E-state index in [-0.39, 0.29) is 0 Å². The summed E-state index contributed by atoms with van der Waals surface area (Å²) in [6.07, 6.45) is 0. The maximum Gasteiger partial charge on any atom is 0.0558 e. The molecule has 2 aromatic heterocycles. The van der Waals surface area contributed by atoms with Crippen LogP contribution < -0.4 is 11.5 Å². The summed E-state index contributed by atoms with van der Waals surface area (Å²) < 4.78 is 0. The van der Waals surface area contributed by atoms with Crippen LogP contribution in [0.5, 0.6) is 0 Å². The summed E-state index contributed by atoms with van der Waals surface area (Å²) in [7, 11) is 0. The molecule has 0 spiro atoms. The molecule has 0 atom stereocenters. The quantitative estimate of drug-likeness (QED) is 0.366. The number of aromatic nitrogens is 2. The van der Waals surface area contributed by atoms with E-state index in [0.29, 0.717) is 0 Å². The fourth-order valence-electron chi connectivity index (χ4n) is 3.09. The Balaban J connectivity index is 2.35. The number of anilines is 2. The van der Waals surface area contributed by atoms with Gasteiger partial charge in [-0.05, 0) is 38.1 Å². The van der Waals surface area contributed by atoms with Gasteiger partial charge in [-0.15, -0.1) is 0 Å². The fraction of sp³-hybridized carbons (Fsp3) is 0.125. The molecular formula is C16H16N4. The molecule has 0 radical (unpaired) electrons. The fourth-order valence-corrected chi connectivity index (χ4v) is 3.09. The molecule has 2 heterocycles. The predicted octanol–water partition coefficient (Wildman–Crippen LogP) is 3.58. The SMILES string of the molecule is Cc1cc2c(N)cc3c(cc(N)c4cc(C)[nH]c43)c2[nH]1. The number of rotatable bonds is 0. The molecule has 6 N–H and O–H groups in total. The monoisotopic (exact) mass is 264 g/mol. The zero-order valence-electron chi connectivity index (χ0n) is 11.5. The van der Waals surface area contributed by atoms with Crippen molar-refractivity contribution in [2.45, 2.75) is 13.8 Å². The Kier molecular flexibility index (Phi) is 1.95. The lowest BCUT2D eigenvalue weighted by molar-refractivity contribution is 1.30. The zero-order valence-corrected chi connectivity index (χ0v) is 11.5. The van der Waals surface area contributed by atoms with E-state index in [1.54, 1.807) is 0 Å². The molecular weight excluding hydrogens is 248 g/mol. The smallest absolute Gasteiger partial charge is 0.0558 e. The molecule has 4 nitrogen and oxygen atoms in total. The van der Waals surface area contributed by atoms with E-state index in [1.807, 2.05) is 26.0 Å². The number of nitrogen functional groups attached to an aromatic ring is 2. The van der Waals surface area contributed by atoms with Crippen LogP contribution in [0.2, 0.25) is 0 Å². The van der Waals surface area contributed by atoms with E-state index in [9.17, 15) is 0 Å². The number of nitrogens with one attached hydrogen (secondary N) is 2. The van der Waals surface area contributed by atoms with Crippen molar-refractivity contribution in [1.29, 1.82) is 0 Å². The van der Waals surface area contributed by atoms with Gasteiger partial charge < -0.3 is 21.4 Å². The Bertz CT molecular complexity index is 907. The van der Waals surface area contributed by atoms with Crippen LogP contribution in [0.25, 0.3) is 32.6 Å². The van der Waals surface area contributed by atoms with E-state index in [0.717, 1.165) is 55.3 Å². The average Bonchev–Trinajstić information content (AvgIpc) is 2.95. The summed E-state index contributed by atoms with van der Waals surface area (Å²) in [5.41, 5.74) is 18.3. The highest BCUT2D eigenvalue weighted by Gasteiger charge is 2.13. The van der Waals surface area contributed by atoms with Crippen LogP contribution in [0, 0.1) is 13.8 Å². The predicted molar refractivity (Wildman–Crippen MR) is 86.0 cm³/mol. The maximum atomic E-state index is 6.21. The number of nitrogens with two attached hydrogens (primary N) is 2. The van der Waals surface area contributed by atoms with Gasteiger partial charge in [0.2, 0.25) is 0 Å². The first-order valence-corrected chi connectivity index (χ1v) is 6.64. The summed E-state index contributed by atoms with van der Waals surface area (Å²) in [6.45, 7) is 4.07. The van der Waals surface area contributed by atoms with E-state index in [4.69, 9.17) is 11.5 Å². The van der Waals surface area contributed by atoms with Crippen molar-refractivity contribution >= 4 is 44.0 Å². The first kappa shape index (κ1) is 11.2. The number of fused-ring (bicyclic) bond motifs is 5. The van der Waals surface area contributed by atoms with Crippen LogP contribution in [0.15, 0.2) is 24.3 Å². The molecule has 0 saturated carbocycles. The van der Waals surface area contributed by atoms with Crippen molar-refractivity contribution in [2.75, 3.05) is 11.5 Å². The van der Waals surface area contributed by atoms with Crippen LogP contribution >= 0.6 is 0 Å². The highest BCUT2D eigenvalue weighted by atomic mass is 14.7. The van der Waals surface area contributed by atoms with E-state index in [2.05, 4.69) is 22.1 Å². The largest absolute Gasteiger partial charge is 0.398 e. The van der Waals surface area contributed by atoms with Crippen molar-refractivity contribution in [3.63, 3.8) is 0 Å². The lowest BCUT2D eigenvalue weighted by atomic mass is 10.0. The Hall–Kier alpha value is -2.62. The Morgan fingerprint density at radius 3 is 1.45 bits per heavy atom. The normalized spacial score (nSPS) is 11.9. The van der Waals surface area contributed by atoms with Gasteiger partial charge in [-0.2, -0.15) is 0 Å². The number of aromatic amines is 2. The van der Waals surface area contributed by atoms with Gasteiger partial charge in [-0.25, -0.2) is 0 Å². The summed E-state index contributed by atoms with van der Waals surface area (Å²) in [5, 5.41) is 4.32. The van der Waals surface area contributed by atoms with Crippen molar-refractivity contribution in [3.8, 4) is 0 Å². The third-order valence-electron chi connectivity index (χ3n) is 3.96. The summed E-state index contributed by atoms with van der Waals surface area (Å²) in [4.78, 5) is 6.78. The maximum absolute atomic E-state index is 6.21. The van der Waals surface area contributed by atoms with Crippen LogP contribution in [-0.2, 0) is 0 Å². The Labute approximate surface area is 115 Å². The third-order valence-corrected chi connectivity index (χ3v) is 3.96. The van der Waals surface area contributed by atoms with Gasteiger partial charge in [0, 0.05) is 44.3 Å². The van der Waals surface area contributed by atoms with Crippen LogP contribution in [-0.4, -0.2) is 9.97 Å². The van der Waals surface area contributed by atoms with Gasteiger partial charge in [-0.1, -0.05) is 0 Å². The standard InChI is InChI=1S/C16H16N4/c1-7-3-11-13(17)6-10-9(15(11)19-7)5-14(18)12-4-8(2)20-16(10)12/h3-6,19-20H,17-18H2,1-2H3. The van der Waals surface area contributed by atoms with E-state index >= 15 is 0 Å². The van der Waals surface area contributed by atoms with E-state index in [1.165, 1.54) is 0 Å². The number of benzene rings is 2. The molecule has 0 aliphatic rings. The molecule has 0 saturated heterocycles. The van der Waals surface area contributed by atoms with Gasteiger partial charge in [0.15, 0.2) is 0 Å². The number of aryl methyl sites for hydroxylation is 2. The molecule has 0 aliphatic carbocycles. The minimum absolute atomic E-state index is 0.787. The lowest BCUT2D eigenvalue weighted by Crippen LogP contribution is -1.91. The molecule has 0 unspecified atom stereocenters. The number of hydrogen-bond donors (Lipinski definition) is 4. The molecule has 2 aromatic carbocycles. The average molecular weight is 264 g/mol. The third kappa shape index (κ3) is 1.30. The first-order valence-electron chi connectivity index (χ1n) is 6.64. The van der Waals surface area contributed by atoms with Gasteiger partial charge in [0.1, 0.15) is 0 Å². The van der Waals surface area contributed by atoms with Crippen molar-refractivity contribution in [2.24, 2.45) is 0 Å². The summed E-state index contributed by atoms with van der Waals surface area (Å²) in [5.74, 6) is 0. The highest BCUT2D eigenvalue weighted by molar-refractivity contribution is 6.21. The first-order chi connectivity index (χ1) is 9.54. The van der Waals surface area contributed by atoms with Gasteiger partial charge >= 0.3 is 0 Å². The Morgan fingerprint density at radius 1 is 0.650 bits per heavy atom. The topological polar surface area (TPSA) is 83.6 Å². The minimum Gasteiger partial charge on any atom is -0.398 e. The van der Waals surface area contributed by atoms with Gasteiger partial charge in [-0.3, -0.25) is 0 Å². The second-order valence-electron chi connectivity index (χ2n) is 5.51. The molecule has 0 bridgehead atoms. The van der Waals surface area contributed by atoms with Crippen LogP contribution in [0.1, 0.15) is 11.4 Å². The molecule has 4 rings (SSSR count). The molecule has 20 heavy (non-hydrogen) atoms. The van der Waals surface area contributed by atoms with E-state index < -0.39 is 0 Å². The molecule has 4 heteroatoms. The molecule has 4 aromatic rings. The highest BCUT2D eigenvalue weighted by Crippen LogP contribution is 2.37. The van der Waals surface area contributed by atoms with Crippen molar-refractivity contribution in [1.82, 2.24) is 9.97 Å². The zero-order chi connectivity index (χ0) is 14.0. The van der Waals surface area contributed by atoms with Crippen molar-refractivity contribution < 1.29 is 0 Å². The number of H-pyrrole nitrogens is 2. The van der Waals surface area contributed by atoms with Gasteiger partial charge in [0.25, 0.3) is 0 Å². The number of hydrogen-bond acceptors (Lipinski definition) is 2. The lowest BCUT2D eigenvalue weighted by Gasteiger charge is -2.07. The molecule has 0 aliphatic heterocycles. The molecule has 0 fully saturated rings. The second kappa shape index (κ2) is 3.48. The van der Waals surface area contributed by atoms with Crippen LogP contribution in [0.4, 0.5) is 11.4 Å². The van der Waals surface area contributed by atoms with Crippen LogP contribution in [0.3, 0.4) is 0 Å². The Morgan fingerprint density at radius 2 is 1.05 bits per heavy atom. The molecule has 0 amide bonds.